The number of aliphatic hydroxyl groups excluding tert-OH is 1. The number of hydrogen-bond donors (Lipinski definition) is 1. The Morgan fingerprint density at radius 2 is 2.14 bits per heavy atom. The van der Waals surface area contributed by atoms with E-state index in [1.807, 2.05) is 24.3 Å². The van der Waals surface area contributed by atoms with Gasteiger partial charge in [0.1, 0.15) is 18.0 Å². The summed E-state index contributed by atoms with van der Waals surface area (Å²) in [6.07, 6.45) is -0.782. The lowest BCUT2D eigenvalue weighted by Crippen LogP contribution is -2.29. The van der Waals surface area contributed by atoms with Crippen LogP contribution in [0.1, 0.15) is 0 Å². The molecule has 1 N–H and O–H groups in total. The Labute approximate surface area is 90.8 Å². The van der Waals surface area contributed by atoms with E-state index < -0.39 is 6.10 Å². The average molecular weight is 259 g/mol. The van der Waals surface area contributed by atoms with Gasteiger partial charge in [-0.25, -0.2) is 0 Å². The van der Waals surface area contributed by atoms with Gasteiger partial charge in [-0.2, -0.15) is 0 Å². The maximum absolute atomic E-state index is 9.48. The van der Waals surface area contributed by atoms with Crippen LogP contribution < -0.4 is 4.74 Å². The molecule has 2 rings (SSSR count). The van der Waals surface area contributed by atoms with Crippen molar-refractivity contribution >= 4 is 15.9 Å². The number of hydrogen-bond acceptors (Lipinski definition) is 3. The van der Waals surface area contributed by atoms with Crippen LogP contribution in [0.2, 0.25) is 0 Å². The van der Waals surface area contributed by atoms with Gasteiger partial charge >= 0.3 is 0 Å². The van der Waals surface area contributed by atoms with Gasteiger partial charge in [-0.05, 0) is 28.1 Å². The van der Waals surface area contributed by atoms with Crippen molar-refractivity contribution in [2.75, 3.05) is 13.2 Å². The van der Waals surface area contributed by atoms with E-state index >= 15 is 0 Å². The standard InChI is InChI=1S/C10H11BrO3/c11-7-3-1-2-4-9(7)14-10-6-13-5-8(10)12/h1-4,8,10,12H,5-6H2/t8-,10-/m1/s1. The van der Waals surface area contributed by atoms with Gasteiger partial charge in [-0.3, -0.25) is 0 Å². The van der Waals surface area contributed by atoms with Crippen LogP contribution in [0.5, 0.6) is 5.75 Å². The maximum atomic E-state index is 9.48. The molecule has 0 spiro atoms. The first-order valence-corrected chi connectivity index (χ1v) is 5.23. The molecule has 14 heavy (non-hydrogen) atoms. The number of rotatable bonds is 2. The van der Waals surface area contributed by atoms with Crippen LogP contribution in [0.4, 0.5) is 0 Å². The Kier molecular flexibility index (Phi) is 3.05. The number of ether oxygens (including phenoxy) is 2. The van der Waals surface area contributed by atoms with Crippen molar-refractivity contribution in [3.63, 3.8) is 0 Å². The fourth-order valence-electron chi connectivity index (χ4n) is 1.34. The van der Waals surface area contributed by atoms with Gasteiger partial charge in [-0.15, -0.1) is 0 Å². The van der Waals surface area contributed by atoms with Gasteiger partial charge in [0.2, 0.25) is 0 Å². The Morgan fingerprint density at radius 3 is 2.79 bits per heavy atom. The third-order valence-electron chi connectivity index (χ3n) is 2.11. The van der Waals surface area contributed by atoms with Crippen LogP contribution in [0.25, 0.3) is 0 Å². The minimum absolute atomic E-state index is 0.256. The van der Waals surface area contributed by atoms with Crippen molar-refractivity contribution < 1.29 is 14.6 Å². The molecule has 0 aromatic heterocycles. The monoisotopic (exact) mass is 258 g/mol. The fraction of sp³-hybridized carbons (Fsp3) is 0.400. The van der Waals surface area contributed by atoms with Crippen LogP contribution in [-0.2, 0) is 4.74 Å². The summed E-state index contributed by atoms with van der Waals surface area (Å²) >= 11 is 3.38. The Hall–Kier alpha value is -0.580. The Morgan fingerprint density at radius 1 is 1.36 bits per heavy atom. The predicted molar refractivity (Wildman–Crippen MR) is 55.4 cm³/mol. The van der Waals surface area contributed by atoms with Crippen molar-refractivity contribution in [2.24, 2.45) is 0 Å². The zero-order chi connectivity index (χ0) is 9.97. The molecule has 1 saturated heterocycles. The molecular weight excluding hydrogens is 248 g/mol. The average Bonchev–Trinajstić information content (AvgIpc) is 2.56. The highest BCUT2D eigenvalue weighted by molar-refractivity contribution is 9.10. The van der Waals surface area contributed by atoms with E-state index in [-0.39, 0.29) is 6.10 Å². The third-order valence-corrected chi connectivity index (χ3v) is 2.77. The molecular formula is C10H11BrO3. The smallest absolute Gasteiger partial charge is 0.150 e. The van der Waals surface area contributed by atoms with Gasteiger partial charge in [0.15, 0.2) is 0 Å². The van der Waals surface area contributed by atoms with E-state index in [1.54, 1.807) is 0 Å². The maximum Gasteiger partial charge on any atom is 0.150 e. The third kappa shape index (κ3) is 2.08. The SMILES string of the molecule is O[C@@H]1COC[C@H]1Oc1ccccc1Br. The van der Waals surface area contributed by atoms with E-state index in [0.29, 0.717) is 13.2 Å². The minimum Gasteiger partial charge on any atom is -0.484 e. The molecule has 1 aliphatic rings. The van der Waals surface area contributed by atoms with E-state index in [1.165, 1.54) is 0 Å². The number of para-hydroxylation sites is 1. The van der Waals surface area contributed by atoms with E-state index in [2.05, 4.69) is 15.9 Å². The second-order valence-electron chi connectivity index (χ2n) is 3.19. The van der Waals surface area contributed by atoms with Crippen molar-refractivity contribution in [2.45, 2.75) is 12.2 Å². The second-order valence-corrected chi connectivity index (χ2v) is 4.05. The van der Waals surface area contributed by atoms with Crippen LogP contribution in [-0.4, -0.2) is 30.5 Å². The number of aliphatic hydroxyl groups is 1. The highest BCUT2D eigenvalue weighted by Gasteiger charge is 2.28. The minimum atomic E-state index is -0.526. The summed E-state index contributed by atoms with van der Waals surface area (Å²) in [7, 11) is 0. The van der Waals surface area contributed by atoms with Crippen LogP contribution in [0.15, 0.2) is 28.7 Å². The number of halogens is 1. The molecule has 1 fully saturated rings. The molecule has 0 bridgehead atoms. The van der Waals surface area contributed by atoms with E-state index in [4.69, 9.17) is 9.47 Å². The first-order chi connectivity index (χ1) is 6.77. The summed E-state index contributed by atoms with van der Waals surface area (Å²) < 4.78 is 11.6. The predicted octanol–water partition coefficient (Wildman–Crippen LogP) is 1.59. The molecule has 1 heterocycles. The summed E-state index contributed by atoms with van der Waals surface area (Å²) in [6.45, 7) is 0.803. The first kappa shape index (κ1) is 9.96. The Bertz CT molecular complexity index is 316. The molecule has 0 aliphatic carbocycles. The lowest BCUT2D eigenvalue weighted by atomic mass is 10.2. The van der Waals surface area contributed by atoms with Gasteiger partial charge < -0.3 is 14.6 Å². The van der Waals surface area contributed by atoms with Crippen molar-refractivity contribution in [3.05, 3.63) is 28.7 Å². The van der Waals surface area contributed by atoms with Gasteiger partial charge in [0, 0.05) is 0 Å². The topological polar surface area (TPSA) is 38.7 Å². The highest BCUT2D eigenvalue weighted by atomic mass is 79.9. The molecule has 76 valence electrons. The van der Waals surface area contributed by atoms with E-state index in [0.717, 1.165) is 10.2 Å². The zero-order valence-corrected chi connectivity index (χ0v) is 9.11. The van der Waals surface area contributed by atoms with Crippen molar-refractivity contribution in [1.82, 2.24) is 0 Å². The summed E-state index contributed by atoms with van der Waals surface area (Å²) in [5, 5.41) is 9.48. The molecule has 2 atom stereocenters. The molecule has 3 nitrogen and oxygen atoms in total. The lowest BCUT2D eigenvalue weighted by molar-refractivity contribution is 0.0729. The number of benzene rings is 1. The molecule has 1 aliphatic heterocycles. The van der Waals surface area contributed by atoms with Crippen LogP contribution in [0.3, 0.4) is 0 Å². The van der Waals surface area contributed by atoms with Gasteiger partial charge in [0.25, 0.3) is 0 Å². The molecule has 1 aromatic rings. The molecule has 0 amide bonds. The summed E-state index contributed by atoms with van der Waals surface area (Å²) in [4.78, 5) is 0. The molecule has 4 heteroatoms. The van der Waals surface area contributed by atoms with Gasteiger partial charge in [0.05, 0.1) is 17.7 Å². The lowest BCUT2D eigenvalue weighted by Gasteiger charge is -2.16. The first-order valence-electron chi connectivity index (χ1n) is 4.44. The normalized spacial score (nSPS) is 26.4. The van der Waals surface area contributed by atoms with Crippen molar-refractivity contribution in [1.29, 1.82) is 0 Å². The quantitative estimate of drug-likeness (QED) is 0.876. The van der Waals surface area contributed by atoms with Crippen LogP contribution in [0, 0.1) is 0 Å². The van der Waals surface area contributed by atoms with E-state index in [9.17, 15) is 5.11 Å². The Balaban J connectivity index is 2.07. The fourth-order valence-corrected chi connectivity index (χ4v) is 1.72. The van der Waals surface area contributed by atoms with Crippen LogP contribution >= 0.6 is 15.9 Å². The molecule has 0 saturated carbocycles. The largest absolute Gasteiger partial charge is 0.484 e. The van der Waals surface area contributed by atoms with Gasteiger partial charge in [-0.1, -0.05) is 12.1 Å². The highest BCUT2D eigenvalue weighted by Crippen LogP contribution is 2.26. The van der Waals surface area contributed by atoms with Crippen molar-refractivity contribution in [3.8, 4) is 5.75 Å². The zero-order valence-electron chi connectivity index (χ0n) is 7.52. The molecule has 0 unspecified atom stereocenters. The summed E-state index contributed by atoms with van der Waals surface area (Å²) in [6, 6.07) is 7.56. The molecule has 1 aromatic carbocycles. The summed E-state index contributed by atoms with van der Waals surface area (Å²) in [5.74, 6) is 0.738. The molecule has 0 radical (unpaired) electrons. The summed E-state index contributed by atoms with van der Waals surface area (Å²) in [5.41, 5.74) is 0. The second kappa shape index (κ2) is 4.29.